The Bertz CT molecular complexity index is 302. The van der Waals surface area contributed by atoms with E-state index in [0.717, 1.165) is 0 Å². The van der Waals surface area contributed by atoms with E-state index >= 15 is 0 Å². The Morgan fingerprint density at radius 3 is 2.54 bits per heavy atom. The molecule has 0 bridgehead atoms. The van der Waals surface area contributed by atoms with Crippen molar-refractivity contribution in [3.05, 3.63) is 12.0 Å². The summed E-state index contributed by atoms with van der Waals surface area (Å²) in [5, 5.41) is 0. The Hall–Kier alpha value is -1.32. The van der Waals surface area contributed by atoms with Crippen molar-refractivity contribution in [1.82, 2.24) is 4.98 Å². The minimum Gasteiger partial charge on any atom is -0.431 e. The Morgan fingerprint density at radius 2 is 2.15 bits per heavy atom. The van der Waals surface area contributed by atoms with Crippen molar-refractivity contribution >= 4 is 11.8 Å². The number of carbonyl (C=O) groups is 1. The van der Waals surface area contributed by atoms with E-state index in [9.17, 15) is 4.79 Å². The topological polar surface area (TPSA) is 46.3 Å². The van der Waals surface area contributed by atoms with Gasteiger partial charge >= 0.3 is 0 Å². The van der Waals surface area contributed by atoms with Crippen LogP contribution in [0.2, 0.25) is 0 Å². The Kier molecular flexibility index (Phi) is 2.70. The lowest BCUT2D eigenvalue weighted by Crippen LogP contribution is -2.11. The monoisotopic (exact) mass is 182 g/mol. The first-order chi connectivity index (χ1) is 6.02. The molecule has 0 aliphatic carbocycles. The van der Waals surface area contributed by atoms with E-state index in [0.29, 0.717) is 11.7 Å². The highest BCUT2D eigenvalue weighted by Gasteiger charge is 2.15. The number of ketones is 1. The summed E-state index contributed by atoms with van der Waals surface area (Å²) in [6.45, 7) is 3.68. The van der Waals surface area contributed by atoms with Crippen molar-refractivity contribution in [1.29, 1.82) is 0 Å². The molecule has 72 valence electrons. The largest absolute Gasteiger partial charge is 0.431 e. The van der Waals surface area contributed by atoms with Crippen LogP contribution in [0.4, 0.5) is 6.01 Å². The number of anilines is 1. The number of hydrogen-bond donors (Lipinski definition) is 0. The molecule has 0 spiro atoms. The maximum absolute atomic E-state index is 11.4. The van der Waals surface area contributed by atoms with E-state index in [-0.39, 0.29) is 11.7 Å². The summed E-state index contributed by atoms with van der Waals surface area (Å²) in [7, 11) is 3.63. The maximum atomic E-state index is 11.4. The van der Waals surface area contributed by atoms with Gasteiger partial charge in [0.05, 0.1) is 0 Å². The van der Waals surface area contributed by atoms with Gasteiger partial charge in [0.25, 0.3) is 6.01 Å². The average Bonchev–Trinajstić information content (AvgIpc) is 2.50. The Balaban J connectivity index is 2.86. The first-order valence-electron chi connectivity index (χ1n) is 4.19. The van der Waals surface area contributed by atoms with Crippen molar-refractivity contribution < 1.29 is 9.21 Å². The SMILES string of the molecule is CC(C)C(=O)c1coc(N(C)C)n1. The summed E-state index contributed by atoms with van der Waals surface area (Å²) < 4.78 is 5.09. The molecule has 1 heterocycles. The molecular weight excluding hydrogens is 168 g/mol. The Morgan fingerprint density at radius 1 is 1.54 bits per heavy atom. The molecule has 0 fully saturated rings. The number of Topliss-reactive ketones (excluding diaryl/α,β-unsaturated/α-hetero) is 1. The second kappa shape index (κ2) is 3.60. The quantitative estimate of drug-likeness (QED) is 0.666. The second-order valence-corrected chi connectivity index (χ2v) is 3.43. The molecular formula is C9H14N2O2. The molecule has 0 unspecified atom stereocenters. The molecule has 0 saturated heterocycles. The van der Waals surface area contributed by atoms with Crippen LogP contribution in [0.5, 0.6) is 0 Å². The molecule has 0 aromatic carbocycles. The third kappa shape index (κ3) is 2.08. The third-order valence-electron chi connectivity index (χ3n) is 1.65. The fourth-order valence-electron chi connectivity index (χ4n) is 0.879. The lowest BCUT2D eigenvalue weighted by molar-refractivity contribution is 0.0934. The highest BCUT2D eigenvalue weighted by Crippen LogP contribution is 2.13. The van der Waals surface area contributed by atoms with Gasteiger partial charge in [-0.1, -0.05) is 13.8 Å². The van der Waals surface area contributed by atoms with Crippen LogP contribution in [-0.4, -0.2) is 24.9 Å². The van der Waals surface area contributed by atoms with Gasteiger partial charge in [0.15, 0.2) is 5.78 Å². The molecule has 0 aliphatic heterocycles. The van der Waals surface area contributed by atoms with Crippen molar-refractivity contribution in [3.8, 4) is 0 Å². The van der Waals surface area contributed by atoms with Crippen LogP contribution < -0.4 is 4.90 Å². The zero-order valence-electron chi connectivity index (χ0n) is 8.37. The minimum atomic E-state index is -0.0416. The zero-order chi connectivity index (χ0) is 10.0. The summed E-state index contributed by atoms with van der Waals surface area (Å²) in [5.74, 6) is -0.0306. The van der Waals surface area contributed by atoms with Crippen LogP contribution in [0, 0.1) is 5.92 Å². The van der Waals surface area contributed by atoms with Crippen LogP contribution in [0.25, 0.3) is 0 Å². The number of oxazole rings is 1. The standard InChI is InChI=1S/C9H14N2O2/c1-6(2)8(12)7-5-13-9(10-7)11(3)4/h5-6H,1-4H3. The predicted octanol–water partition coefficient (Wildman–Crippen LogP) is 1.58. The molecule has 1 aromatic heterocycles. The fraction of sp³-hybridized carbons (Fsp3) is 0.556. The van der Waals surface area contributed by atoms with Crippen LogP contribution >= 0.6 is 0 Å². The van der Waals surface area contributed by atoms with Crippen LogP contribution in [0.15, 0.2) is 10.7 Å². The van der Waals surface area contributed by atoms with Crippen LogP contribution in [-0.2, 0) is 0 Å². The molecule has 0 radical (unpaired) electrons. The van der Waals surface area contributed by atoms with Gasteiger partial charge in [-0.3, -0.25) is 4.79 Å². The first kappa shape index (κ1) is 9.77. The third-order valence-corrected chi connectivity index (χ3v) is 1.65. The highest BCUT2D eigenvalue weighted by atomic mass is 16.4. The predicted molar refractivity (Wildman–Crippen MR) is 50.0 cm³/mol. The zero-order valence-corrected chi connectivity index (χ0v) is 8.37. The maximum Gasteiger partial charge on any atom is 0.297 e. The summed E-state index contributed by atoms with van der Waals surface area (Å²) in [4.78, 5) is 17.2. The van der Waals surface area contributed by atoms with Gasteiger partial charge in [0.2, 0.25) is 0 Å². The van der Waals surface area contributed by atoms with Crippen LogP contribution in [0.1, 0.15) is 24.3 Å². The van der Waals surface area contributed by atoms with Gasteiger partial charge in [-0.15, -0.1) is 0 Å². The molecule has 1 rings (SSSR count). The highest BCUT2D eigenvalue weighted by molar-refractivity contribution is 5.95. The fourth-order valence-corrected chi connectivity index (χ4v) is 0.879. The van der Waals surface area contributed by atoms with Crippen LogP contribution in [0.3, 0.4) is 0 Å². The van der Waals surface area contributed by atoms with Crippen molar-refractivity contribution in [3.63, 3.8) is 0 Å². The van der Waals surface area contributed by atoms with E-state index in [4.69, 9.17) is 4.42 Å². The number of hydrogen-bond acceptors (Lipinski definition) is 4. The second-order valence-electron chi connectivity index (χ2n) is 3.43. The number of aromatic nitrogens is 1. The summed E-state index contributed by atoms with van der Waals surface area (Å²) in [5.41, 5.74) is 0.402. The molecule has 13 heavy (non-hydrogen) atoms. The van der Waals surface area contributed by atoms with E-state index in [1.807, 2.05) is 27.9 Å². The molecule has 0 amide bonds. The van der Waals surface area contributed by atoms with Crippen molar-refractivity contribution in [2.24, 2.45) is 5.92 Å². The smallest absolute Gasteiger partial charge is 0.297 e. The number of carbonyl (C=O) groups excluding carboxylic acids is 1. The van der Waals surface area contributed by atoms with Gasteiger partial charge in [-0.05, 0) is 0 Å². The molecule has 0 N–H and O–H groups in total. The molecule has 0 atom stereocenters. The van der Waals surface area contributed by atoms with E-state index < -0.39 is 0 Å². The average molecular weight is 182 g/mol. The Labute approximate surface area is 77.6 Å². The molecule has 4 heteroatoms. The molecule has 1 aromatic rings. The van der Waals surface area contributed by atoms with Crippen molar-refractivity contribution in [2.45, 2.75) is 13.8 Å². The van der Waals surface area contributed by atoms with Gasteiger partial charge in [-0.2, -0.15) is 4.98 Å². The molecule has 0 saturated carbocycles. The molecule has 4 nitrogen and oxygen atoms in total. The minimum absolute atomic E-state index is 0.0110. The van der Waals surface area contributed by atoms with Crippen molar-refractivity contribution in [2.75, 3.05) is 19.0 Å². The number of rotatable bonds is 3. The van der Waals surface area contributed by atoms with E-state index in [2.05, 4.69) is 4.98 Å². The lowest BCUT2D eigenvalue weighted by atomic mass is 10.1. The number of nitrogens with zero attached hydrogens (tertiary/aromatic N) is 2. The normalized spacial score (nSPS) is 10.5. The summed E-state index contributed by atoms with van der Waals surface area (Å²) in [6.07, 6.45) is 1.40. The molecule has 0 aliphatic rings. The van der Waals surface area contributed by atoms with E-state index in [1.165, 1.54) is 6.26 Å². The van der Waals surface area contributed by atoms with Gasteiger partial charge < -0.3 is 9.32 Å². The van der Waals surface area contributed by atoms with Gasteiger partial charge in [0.1, 0.15) is 12.0 Å². The summed E-state index contributed by atoms with van der Waals surface area (Å²) >= 11 is 0. The van der Waals surface area contributed by atoms with E-state index in [1.54, 1.807) is 4.90 Å². The lowest BCUT2D eigenvalue weighted by Gasteiger charge is -2.03. The first-order valence-corrected chi connectivity index (χ1v) is 4.19. The summed E-state index contributed by atoms with van der Waals surface area (Å²) in [6, 6.07) is 0.462. The van der Waals surface area contributed by atoms with Gasteiger partial charge in [-0.25, -0.2) is 0 Å². The van der Waals surface area contributed by atoms with Gasteiger partial charge in [0, 0.05) is 20.0 Å².